The van der Waals surface area contributed by atoms with Crippen LogP contribution in [0.1, 0.15) is 16.7 Å². The molecule has 18 heavy (non-hydrogen) atoms. The van der Waals surface area contributed by atoms with E-state index in [0.717, 1.165) is 34.0 Å². The van der Waals surface area contributed by atoms with Crippen molar-refractivity contribution in [3.05, 3.63) is 39.2 Å². The van der Waals surface area contributed by atoms with Gasteiger partial charge in [-0.2, -0.15) is 0 Å². The van der Waals surface area contributed by atoms with Crippen molar-refractivity contribution in [2.24, 2.45) is 0 Å². The Morgan fingerprint density at radius 1 is 1.39 bits per heavy atom. The summed E-state index contributed by atoms with van der Waals surface area (Å²) in [6, 6.07) is 3.62. The van der Waals surface area contributed by atoms with E-state index in [1.165, 1.54) is 11.6 Å². The third-order valence-corrected chi connectivity index (χ3v) is 4.12. The third kappa shape index (κ3) is 1.67. The molecule has 0 radical (unpaired) electrons. The first-order valence-corrected chi connectivity index (χ1v) is 7.02. The van der Waals surface area contributed by atoms with E-state index in [4.69, 9.17) is 9.15 Å². The molecule has 1 unspecified atom stereocenters. The lowest BCUT2D eigenvalue weighted by Crippen LogP contribution is -2.13. The Balaban J connectivity index is 2.32. The zero-order valence-electron chi connectivity index (χ0n) is 10.2. The maximum Gasteiger partial charge on any atom is 0.336 e. The van der Waals surface area contributed by atoms with Crippen LogP contribution in [-0.4, -0.2) is 11.4 Å². The van der Waals surface area contributed by atoms with E-state index in [-0.39, 0.29) is 11.7 Å². The van der Waals surface area contributed by atoms with E-state index < -0.39 is 0 Å². The van der Waals surface area contributed by atoms with Gasteiger partial charge < -0.3 is 9.15 Å². The number of hydrogen-bond acceptors (Lipinski definition) is 3. The maximum absolute atomic E-state index is 11.5. The van der Waals surface area contributed by atoms with Crippen LogP contribution in [0.4, 0.5) is 0 Å². The second-order valence-corrected chi connectivity index (χ2v) is 5.36. The van der Waals surface area contributed by atoms with Crippen molar-refractivity contribution in [1.82, 2.24) is 0 Å². The summed E-state index contributed by atoms with van der Waals surface area (Å²) in [6.45, 7) is 3.88. The molecule has 0 saturated carbocycles. The van der Waals surface area contributed by atoms with E-state index in [1.54, 1.807) is 0 Å². The Morgan fingerprint density at radius 3 is 2.89 bits per heavy atom. The van der Waals surface area contributed by atoms with Gasteiger partial charge in [0.05, 0.1) is 0 Å². The van der Waals surface area contributed by atoms with Gasteiger partial charge in [0.2, 0.25) is 0 Å². The second kappa shape index (κ2) is 4.12. The molecule has 4 heteroatoms. The van der Waals surface area contributed by atoms with Crippen LogP contribution in [0.2, 0.25) is 0 Å². The smallest absolute Gasteiger partial charge is 0.336 e. The molecule has 2 heterocycles. The zero-order valence-corrected chi connectivity index (χ0v) is 11.8. The fourth-order valence-corrected chi connectivity index (χ4v) is 2.88. The van der Waals surface area contributed by atoms with Gasteiger partial charge in [-0.3, -0.25) is 0 Å². The van der Waals surface area contributed by atoms with Crippen LogP contribution in [0.5, 0.6) is 5.75 Å². The van der Waals surface area contributed by atoms with Crippen LogP contribution >= 0.6 is 15.9 Å². The summed E-state index contributed by atoms with van der Waals surface area (Å²) >= 11 is 3.44. The van der Waals surface area contributed by atoms with E-state index >= 15 is 0 Å². The summed E-state index contributed by atoms with van der Waals surface area (Å²) in [5.41, 5.74) is 3.41. The van der Waals surface area contributed by atoms with Gasteiger partial charge in [-0.15, -0.1) is 0 Å². The number of alkyl halides is 1. The van der Waals surface area contributed by atoms with Crippen LogP contribution in [0.15, 0.2) is 21.3 Å². The summed E-state index contributed by atoms with van der Waals surface area (Å²) in [5, 5.41) is 1.81. The van der Waals surface area contributed by atoms with Crippen molar-refractivity contribution in [2.45, 2.75) is 26.4 Å². The van der Waals surface area contributed by atoms with Gasteiger partial charge in [-0.05, 0) is 31.0 Å². The molecular formula is C14H13BrO3. The van der Waals surface area contributed by atoms with Crippen molar-refractivity contribution in [3.8, 4) is 5.75 Å². The van der Waals surface area contributed by atoms with Gasteiger partial charge in [0.15, 0.2) is 0 Å². The number of hydrogen-bond donors (Lipinski definition) is 0. The molecule has 0 amide bonds. The molecule has 1 aliphatic rings. The monoisotopic (exact) mass is 308 g/mol. The lowest BCUT2D eigenvalue weighted by atomic mass is 10.0. The van der Waals surface area contributed by atoms with E-state index in [0.29, 0.717) is 5.58 Å². The van der Waals surface area contributed by atoms with Gasteiger partial charge in [-0.1, -0.05) is 15.9 Å². The highest BCUT2D eigenvalue weighted by atomic mass is 79.9. The van der Waals surface area contributed by atoms with Crippen LogP contribution in [-0.2, 0) is 6.42 Å². The number of fused-ring (bicyclic) bond motifs is 2. The molecular weight excluding hydrogens is 296 g/mol. The Morgan fingerprint density at radius 2 is 2.17 bits per heavy atom. The minimum Gasteiger partial charge on any atom is -0.489 e. The lowest BCUT2D eigenvalue weighted by molar-refractivity contribution is 0.259. The third-order valence-electron chi connectivity index (χ3n) is 3.40. The fraction of sp³-hybridized carbons (Fsp3) is 0.357. The summed E-state index contributed by atoms with van der Waals surface area (Å²) in [5.74, 6) is 0.876. The van der Waals surface area contributed by atoms with Crippen molar-refractivity contribution in [1.29, 1.82) is 0 Å². The average Bonchev–Trinajstić information content (AvgIpc) is 2.74. The van der Waals surface area contributed by atoms with Crippen molar-refractivity contribution in [3.63, 3.8) is 0 Å². The van der Waals surface area contributed by atoms with E-state index in [2.05, 4.69) is 22.0 Å². The fourth-order valence-electron chi connectivity index (χ4n) is 2.52. The summed E-state index contributed by atoms with van der Waals surface area (Å²) < 4.78 is 11.2. The predicted molar refractivity (Wildman–Crippen MR) is 73.9 cm³/mol. The van der Waals surface area contributed by atoms with Crippen LogP contribution < -0.4 is 10.4 Å². The molecule has 1 aromatic heterocycles. The summed E-state index contributed by atoms with van der Waals surface area (Å²) in [4.78, 5) is 11.5. The zero-order chi connectivity index (χ0) is 12.9. The number of ether oxygens (including phenoxy) is 1. The normalized spacial score (nSPS) is 17.8. The average molecular weight is 309 g/mol. The van der Waals surface area contributed by atoms with Gasteiger partial charge in [0.25, 0.3) is 0 Å². The highest BCUT2D eigenvalue weighted by Crippen LogP contribution is 2.38. The number of rotatable bonds is 1. The van der Waals surface area contributed by atoms with Crippen molar-refractivity contribution >= 4 is 26.9 Å². The van der Waals surface area contributed by atoms with Crippen LogP contribution in [0.3, 0.4) is 0 Å². The molecule has 0 bridgehead atoms. The quantitative estimate of drug-likeness (QED) is 0.600. The Kier molecular flexibility index (Phi) is 2.70. The first-order chi connectivity index (χ1) is 8.60. The molecule has 1 atom stereocenters. The first kappa shape index (κ1) is 11.8. The topological polar surface area (TPSA) is 39.4 Å². The maximum atomic E-state index is 11.5. The van der Waals surface area contributed by atoms with Gasteiger partial charge >= 0.3 is 5.63 Å². The number of halogens is 1. The van der Waals surface area contributed by atoms with Crippen molar-refractivity contribution < 1.29 is 9.15 Å². The molecule has 1 aromatic carbocycles. The minimum atomic E-state index is -0.307. The molecule has 0 fully saturated rings. The molecule has 0 N–H and O–H groups in total. The lowest BCUT2D eigenvalue weighted by Gasteiger charge is -2.09. The molecule has 3 rings (SSSR count). The summed E-state index contributed by atoms with van der Waals surface area (Å²) in [6.07, 6.45) is 1.07. The molecule has 2 aromatic rings. The molecule has 0 aliphatic carbocycles. The number of aryl methyl sites for hydroxylation is 2. The van der Waals surface area contributed by atoms with E-state index in [1.807, 2.05) is 13.8 Å². The largest absolute Gasteiger partial charge is 0.489 e. The molecule has 1 aliphatic heterocycles. The highest BCUT2D eigenvalue weighted by Gasteiger charge is 2.26. The molecule has 0 saturated heterocycles. The van der Waals surface area contributed by atoms with Crippen molar-refractivity contribution in [2.75, 3.05) is 5.33 Å². The molecule has 3 nitrogen and oxygen atoms in total. The Hall–Kier alpha value is -1.29. The minimum absolute atomic E-state index is 0.169. The van der Waals surface area contributed by atoms with E-state index in [9.17, 15) is 4.79 Å². The standard InChI is InChI=1S/C14H13BrO3/c1-7-3-12(16)18-14-8(2)13-9(5-11(7)14)4-10(6-15)17-13/h3,5,10H,4,6H2,1-2H3. The summed E-state index contributed by atoms with van der Waals surface area (Å²) in [7, 11) is 0. The predicted octanol–water partition coefficient (Wildman–Crippen LogP) is 3.11. The highest BCUT2D eigenvalue weighted by molar-refractivity contribution is 9.09. The van der Waals surface area contributed by atoms with Crippen LogP contribution in [0, 0.1) is 13.8 Å². The SMILES string of the molecule is Cc1cc(=O)oc2c(C)c3c(cc12)CC(CBr)O3. The van der Waals surface area contributed by atoms with Gasteiger partial charge in [0.1, 0.15) is 17.4 Å². The first-order valence-electron chi connectivity index (χ1n) is 5.89. The van der Waals surface area contributed by atoms with Crippen LogP contribution in [0.25, 0.3) is 11.0 Å². The number of benzene rings is 1. The Labute approximate surface area is 113 Å². The van der Waals surface area contributed by atoms with Gasteiger partial charge in [-0.25, -0.2) is 4.79 Å². The Bertz CT molecular complexity index is 687. The second-order valence-electron chi connectivity index (χ2n) is 4.71. The van der Waals surface area contributed by atoms with Gasteiger partial charge in [0, 0.05) is 28.8 Å². The molecule has 0 spiro atoms. The molecule has 94 valence electrons.